The minimum absolute atomic E-state index is 0.235. The highest BCUT2D eigenvalue weighted by Crippen LogP contribution is 2.20. The maximum atomic E-state index is 12.1. The summed E-state index contributed by atoms with van der Waals surface area (Å²) in [7, 11) is 1.55. The molecule has 1 aliphatic rings. The second kappa shape index (κ2) is 10.2. The molecule has 1 aromatic heterocycles. The van der Waals surface area contributed by atoms with Crippen LogP contribution in [0.3, 0.4) is 0 Å². The number of aromatic nitrogens is 2. The van der Waals surface area contributed by atoms with Crippen molar-refractivity contribution >= 4 is 5.91 Å². The van der Waals surface area contributed by atoms with Gasteiger partial charge in [-0.05, 0) is 25.3 Å². The summed E-state index contributed by atoms with van der Waals surface area (Å²) in [5.74, 6) is -0.279. The Morgan fingerprint density at radius 1 is 1.29 bits per heavy atom. The molecule has 7 heteroatoms. The number of rotatable bonds is 9. The number of carbonyl (C=O) groups is 1. The highest BCUT2D eigenvalue weighted by Gasteiger charge is 2.13. The average Bonchev–Trinajstić information content (AvgIpc) is 2.61. The lowest BCUT2D eigenvalue weighted by Crippen LogP contribution is -2.31. The summed E-state index contributed by atoms with van der Waals surface area (Å²) < 4.78 is 12.0. The molecule has 0 bridgehead atoms. The highest BCUT2D eigenvalue weighted by atomic mass is 16.5. The van der Waals surface area contributed by atoms with E-state index < -0.39 is 0 Å². The molecule has 1 aromatic rings. The Morgan fingerprint density at radius 2 is 2.08 bits per heavy atom. The van der Waals surface area contributed by atoms with Crippen molar-refractivity contribution in [2.24, 2.45) is 0 Å². The SMILES string of the molecule is COCCn1nc(C(=O)NCCCOC2CCCCC2)ccc1=O. The van der Waals surface area contributed by atoms with Gasteiger partial charge in [0.05, 0.1) is 19.3 Å². The number of hydrogen-bond donors (Lipinski definition) is 1. The Hall–Kier alpha value is -1.73. The zero-order valence-electron chi connectivity index (χ0n) is 14.3. The van der Waals surface area contributed by atoms with Crippen molar-refractivity contribution in [1.82, 2.24) is 15.1 Å². The molecule has 0 radical (unpaired) electrons. The predicted octanol–water partition coefficient (Wildman–Crippen LogP) is 1.36. The van der Waals surface area contributed by atoms with Gasteiger partial charge in [0, 0.05) is 26.3 Å². The van der Waals surface area contributed by atoms with Gasteiger partial charge < -0.3 is 14.8 Å². The number of methoxy groups -OCH3 is 1. The molecule has 2 rings (SSSR count). The van der Waals surface area contributed by atoms with Crippen LogP contribution in [0.4, 0.5) is 0 Å². The third-order valence-electron chi connectivity index (χ3n) is 4.12. The van der Waals surface area contributed by atoms with Gasteiger partial charge in [0.1, 0.15) is 5.69 Å². The van der Waals surface area contributed by atoms with Crippen LogP contribution >= 0.6 is 0 Å². The van der Waals surface area contributed by atoms with Crippen LogP contribution in [0.1, 0.15) is 49.0 Å². The first-order valence-corrected chi connectivity index (χ1v) is 8.67. The normalized spacial score (nSPS) is 15.4. The van der Waals surface area contributed by atoms with Crippen LogP contribution in [0, 0.1) is 0 Å². The van der Waals surface area contributed by atoms with Crippen molar-refractivity contribution < 1.29 is 14.3 Å². The van der Waals surface area contributed by atoms with Crippen LogP contribution in [0.2, 0.25) is 0 Å². The van der Waals surface area contributed by atoms with Crippen LogP contribution in [0.5, 0.6) is 0 Å². The molecule has 0 saturated heterocycles. The van der Waals surface area contributed by atoms with Crippen LogP contribution in [0.25, 0.3) is 0 Å². The molecule has 1 fully saturated rings. The van der Waals surface area contributed by atoms with E-state index in [0.717, 1.165) is 19.3 Å². The molecular formula is C17H27N3O4. The molecule has 0 atom stereocenters. The topological polar surface area (TPSA) is 82.5 Å². The molecule has 134 valence electrons. The van der Waals surface area contributed by atoms with Gasteiger partial charge in [-0.15, -0.1) is 0 Å². The largest absolute Gasteiger partial charge is 0.383 e. The lowest BCUT2D eigenvalue weighted by atomic mass is 9.98. The number of nitrogens with one attached hydrogen (secondary N) is 1. The number of carbonyl (C=O) groups excluding carboxylic acids is 1. The van der Waals surface area contributed by atoms with Crippen LogP contribution < -0.4 is 10.9 Å². The van der Waals surface area contributed by atoms with Crippen LogP contribution in [-0.2, 0) is 16.0 Å². The smallest absolute Gasteiger partial charge is 0.271 e. The molecule has 1 aliphatic carbocycles. The quantitative estimate of drug-likeness (QED) is 0.688. The Bertz CT molecular complexity index is 567. The molecule has 1 amide bonds. The first kappa shape index (κ1) is 18.6. The Labute approximate surface area is 142 Å². The first-order valence-electron chi connectivity index (χ1n) is 8.67. The number of amides is 1. The standard InChI is InChI=1S/C17H27N3O4/c1-23-13-11-20-16(21)9-8-15(19-20)17(22)18-10-5-12-24-14-6-3-2-4-7-14/h8-9,14H,2-7,10-13H2,1H3,(H,18,22). The maximum Gasteiger partial charge on any atom is 0.271 e. The second-order valence-corrected chi connectivity index (χ2v) is 6.01. The summed E-state index contributed by atoms with van der Waals surface area (Å²) in [6.45, 7) is 1.89. The monoisotopic (exact) mass is 337 g/mol. The number of hydrogen-bond acceptors (Lipinski definition) is 5. The van der Waals surface area contributed by atoms with E-state index in [1.165, 1.54) is 36.1 Å². The van der Waals surface area contributed by atoms with Crippen molar-refractivity contribution in [2.75, 3.05) is 26.9 Å². The highest BCUT2D eigenvalue weighted by molar-refractivity contribution is 5.91. The van der Waals surface area contributed by atoms with E-state index >= 15 is 0 Å². The van der Waals surface area contributed by atoms with Gasteiger partial charge in [0.15, 0.2) is 0 Å². The summed E-state index contributed by atoms with van der Waals surface area (Å²) in [4.78, 5) is 23.7. The Kier molecular flexibility index (Phi) is 7.91. The fraction of sp³-hybridized carbons (Fsp3) is 0.706. The van der Waals surface area contributed by atoms with E-state index in [1.807, 2.05) is 0 Å². The van der Waals surface area contributed by atoms with Crippen molar-refractivity contribution in [3.63, 3.8) is 0 Å². The van der Waals surface area contributed by atoms with E-state index in [0.29, 0.717) is 32.4 Å². The van der Waals surface area contributed by atoms with E-state index in [2.05, 4.69) is 10.4 Å². The van der Waals surface area contributed by atoms with Gasteiger partial charge in [-0.1, -0.05) is 19.3 Å². The van der Waals surface area contributed by atoms with Crippen molar-refractivity contribution in [3.8, 4) is 0 Å². The second-order valence-electron chi connectivity index (χ2n) is 6.01. The molecule has 0 unspecified atom stereocenters. The van der Waals surface area contributed by atoms with E-state index in [1.54, 1.807) is 7.11 Å². The van der Waals surface area contributed by atoms with Crippen molar-refractivity contribution in [2.45, 2.75) is 51.2 Å². The summed E-state index contributed by atoms with van der Waals surface area (Å²) in [6, 6.07) is 2.79. The molecular weight excluding hydrogens is 310 g/mol. The lowest BCUT2D eigenvalue weighted by molar-refractivity contribution is 0.0273. The predicted molar refractivity (Wildman–Crippen MR) is 90.1 cm³/mol. The lowest BCUT2D eigenvalue weighted by Gasteiger charge is -2.21. The molecule has 1 saturated carbocycles. The molecule has 0 aliphatic heterocycles. The molecule has 0 aromatic carbocycles. The van der Waals surface area contributed by atoms with E-state index in [-0.39, 0.29) is 17.2 Å². The molecule has 24 heavy (non-hydrogen) atoms. The van der Waals surface area contributed by atoms with E-state index in [9.17, 15) is 9.59 Å². The van der Waals surface area contributed by atoms with Gasteiger partial charge in [-0.2, -0.15) is 5.10 Å². The maximum absolute atomic E-state index is 12.1. The zero-order valence-corrected chi connectivity index (χ0v) is 14.3. The number of ether oxygens (including phenoxy) is 2. The van der Waals surface area contributed by atoms with Gasteiger partial charge in [-0.25, -0.2) is 4.68 Å². The van der Waals surface area contributed by atoms with Crippen molar-refractivity contribution in [1.29, 1.82) is 0 Å². The summed E-state index contributed by atoms with van der Waals surface area (Å²) in [5.41, 5.74) is -0.0108. The van der Waals surface area contributed by atoms with E-state index in [4.69, 9.17) is 9.47 Å². The molecule has 1 heterocycles. The van der Waals surface area contributed by atoms with Crippen molar-refractivity contribution in [3.05, 3.63) is 28.2 Å². The Morgan fingerprint density at radius 3 is 2.83 bits per heavy atom. The Balaban J connectivity index is 1.70. The van der Waals surface area contributed by atoms with Crippen LogP contribution in [0.15, 0.2) is 16.9 Å². The van der Waals surface area contributed by atoms with Gasteiger partial charge in [-0.3, -0.25) is 9.59 Å². The van der Waals surface area contributed by atoms with Gasteiger partial charge in [0.25, 0.3) is 11.5 Å². The third kappa shape index (κ3) is 6.05. The minimum atomic E-state index is -0.279. The summed E-state index contributed by atoms with van der Waals surface area (Å²) >= 11 is 0. The fourth-order valence-corrected chi connectivity index (χ4v) is 2.75. The minimum Gasteiger partial charge on any atom is -0.383 e. The van der Waals surface area contributed by atoms with Gasteiger partial charge >= 0.3 is 0 Å². The molecule has 1 N–H and O–H groups in total. The summed E-state index contributed by atoms with van der Waals surface area (Å²) in [6.07, 6.45) is 7.29. The molecule has 7 nitrogen and oxygen atoms in total. The summed E-state index contributed by atoms with van der Waals surface area (Å²) in [5, 5.41) is 6.87. The molecule has 0 spiro atoms. The third-order valence-corrected chi connectivity index (χ3v) is 4.12. The first-order chi connectivity index (χ1) is 11.7. The zero-order chi connectivity index (χ0) is 17.2. The van der Waals surface area contributed by atoms with Gasteiger partial charge in [0.2, 0.25) is 0 Å². The number of nitrogens with zero attached hydrogens (tertiary/aromatic N) is 2. The average molecular weight is 337 g/mol. The van der Waals surface area contributed by atoms with Crippen LogP contribution in [-0.4, -0.2) is 48.7 Å². The fourth-order valence-electron chi connectivity index (χ4n) is 2.75.